The van der Waals surface area contributed by atoms with Crippen molar-refractivity contribution < 1.29 is 14.5 Å². The van der Waals surface area contributed by atoms with Gasteiger partial charge in [0.1, 0.15) is 28.0 Å². The minimum Gasteiger partial charge on any atom is -0.464 e. The van der Waals surface area contributed by atoms with Crippen LogP contribution in [0.25, 0.3) is 0 Å². The van der Waals surface area contributed by atoms with Crippen LogP contribution < -0.4 is 5.32 Å². The van der Waals surface area contributed by atoms with Crippen molar-refractivity contribution in [1.29, 1.82) is 0 Å². The van der Waals surface area contributed by atoms with E-state index in [0.717, 1.165) is 0 Å². The van der Waals surface area contributed by atoms with Crippen LogP contribution in [-0.2, 0) is 9.53 Å². The van der Waals surface area contributed by atoms with Crippen molar-refractivity contribution in [1.82, 2.24) is 0 Å². The summed E-state index contributed by atoms with van der Waals surface area (Å²) < 4.78 is 4.88. The highest BCUT2D eigenvalue weighted by Crippen LogP contribution is 2.24. The lowest BCUT2D eigenvalue weighted by Gasteiger charge is -2.16. The van der Waals surface area contributed by atoms with Crippen LogP contribution in [0.2, 0.25) is 5.28 Å². The van der Waals surface area contributed by atoms with Gasteiger partial charge in [-0.05, 0) is 13.0 Å². The third kappa shape index (κ3) is 3.72. The first kappa shape index (κ1) is 14.5. The largest absolute Gasteiger partial charge is 0.464 e. The summed E-state index contributed by atoms with van der Waals surface area (Å²) in [6.45, 7) is 1.99. The number of hydrogen-bond acceptors (Lipinski definition) is 5. The zero-order chi connectivity index (χ0) is 13.5. The Labute approximate surface area is 113 Å². The van der Waals surface area contributed by atoms with E-state index in [9.17, 15) is 14.9 Å². The van der Waals surface area contributed by atoms with Crippen molar-refractivity contribution in [2.75, 3.05) is 11.9 Å². The zero-order valence-corrected chi connectivity index (χ0v) is 11.1. The number of nitrogens with zero attached hydrogens (tertiary/aromatic N) is 1. The molecule has 1 N–H and O–H groups in total. The van der Waals surface area contributed by atoms with Crippen LogP contribution >= 0.6 is 0 Å². The highest BCUT2D eigenvalue weighted by Gasteiger charge is 2.20. The predicted molar refractivity (Wildman–Crippen MR) is 67.7 cm³/mol. The van der Waals surface area contributed by atoms with Crippen LogP contribution in [0, 0.1) is 10.1 Å². The van der Waals surface area contributed by atoms with Gasteiger partial charge in [0, 0.05) is 6.07 Å². The molecule has 0 spiro atoms. The van der Waals surface area contributed by atoms with Crippen molar-refractivity contribution in [3.63, 3.8) is 0 Å². The number of carbonyl (C=O) groups is 1. The van der Waals surface area contributed by atoms with E-state index in [1.54, 1.807) is 25.1 Å². The Hall–Kier alpha value is -1.58. The molecular formula is C11H13AlN2O4. The molecule has 0 saturated carbocycles. The molecule has 7 heteroatoms. The number of benzene rings is 1. The second kappa shape index (κ2) is 6.99. The first-order chi connectivity index (χ1) is 8.60. The third-order valence-electron chi connectivity index (χ3n) is 2.24. The fraction of sp³-hybridized carbons (Fsp3) is 0.364. The number of para-hydroxylation sites is 2. The molecule has 0 bridgehead atoms. The summed E-state index contributed by atoms with van der Waals surface area (Å²) in [6.07, 6.45) is 0. The summed E-state index contributed by atoms with van der Waals surface area (Å²) in [7, 11) is 0. The van der Waals surface area contributed by atoms with E-state index in [-0.39, 0.29) is 12.3 Å². The van der Waals surface area contributed by atoms with Crippen molar-refractivity contribution in [2.45, 2.75) is 18.2 Å². The van der Waals surface area contributed by atoms with Gasteiger partial charge in [0.2, 0.25) is 0 Å². The minimum atomic E-state index is -0.615. The molecule has 0 fully saturated rings. The second-order valence-electron chi connectivity index (χ2n) is 3.46. The van der Waals surface area contributed by atoms with Crippen molar-refractivity contribution in [3.8, 4) is 0 Å². The normalized spacial score (nSPS) is 11.6. The number of nitro benzene ring substituents is 1. The molecule has 94 valence electrons. The molecule has 6 nitrogen and oxygen atoms in total. The molecular weight excluding hydrogens is 251 g/mol. The Balaban J connectivity index is 2.88. The molecule has 1 aromatic carbocycles. The topological polar surface area (TPSA) is 81.5 Å². The molecule has 0 aliphatic carbocycles. The highest BCUT2D eigenvalue weighted by molar-refractivity contribution is 6.11. The molecule has 1 aromatic rings. The van der Waals surface area contributed by atoms with Gasteiger partial charge in [-0.2, -0.15) is 0 Å². The first-order valence-electron chi connectivity index (χ1n) is 5.46. The quantitative estimate of drug-likeness (QED) is 0.364. The molecule has 1 rings (SSSR count). The summed E-state index contributed by atoms with van der Waals surface area (Å²) in [5.74, 6) is -0.425. The lowest BCUT2D eigenvalue weighted by molar-refractivity contribution is -0.384. The molecule has 0 heterocycles. The van der Waals surface area contributed by atoms with Gasteiger partial charge in [0.15, 0.2) is 0 Å². The molecule has 0 aliphatic heterocycles. The van der Waals surface area contributed by atoms with E-state index < -0.39 is 16.9 Å². The standard InChI is InChI=1S/C11H13N2O4.Al/c1-3-17-11(14)8(2)12-9-6-4-5-7-10(9)13(15)16;/h4-8,12H,2-3H2,1H3;. The van der Waals surface area contributed by atoms with Gasteiger partial charge in [-0.1, -0.05) is 17.4 Å². The van der Waals surface area contributed by atoms with Gasteiger partial charge in [-0.25, -0.2) is 4.79 Å². The average molecular weight is 264 g/mol. The van der Waals surface area contributed by atoms with E-state index in [0.29, 0.717) is 11.0 Å². The van der Waals surface area contributed by atoms with Gasteiger partial charge in [0.05, 0.1) is 11.5 Å². The Kier molecular flexibility index (Phi) is 5.62. The number of ether oxygens (including phenoxy) is 1. The number of nitro groups is 1. The zero-order valence-electron chi connectivity index (χ0n) is 9.96. The van der Waals surface area contributed by atoms with Gasteiger partial charge < -0.3 is 10.1 Å². The van der Waals surface area contributed by atoms with Gasteiger partial charge >= 0.3 is 5.97 Å². The predicted octanol–water partition coefficient (Wildman–Crippen LogP) is 1.53. The van der Waals surface area contributed by atoms with E-state index in [1.165, 1.54) is 6.07 Å². The molecule has 1 atom stereocenters. The summed E-state index contributed by atoms with van der Waals surface area (Å²) in [5.41, 5.74) is 0.244. The second-order valence-corrected chi connectivity index (χ2v) is 3.93. The molecule has 0 aliphatic rings. The van der Waals surface area contributed by atoms with E-state index in [4.69, 9.17) is 4.74 Å². The number of anilines is 1. The SMILES string of the molecule is CCOC(=O)C([CH2][Al])Nc1ccccc1[N+](=O)[O-]. The van der Waals surface area contributed by atoms with Crippen LogP contribution in [0.1, 0.15) is 6.92 Å². The Bertz CT molecular complexity index is 439. The van der Waals surface area contributed by atoms with Crippen LogP contribution in [0.5, 0.6) is 0 Å². The van der Waals surface area contributed by atoms with E-state index in [2.05, 4.69) is 21.6 Å². The fourth-order valence-electron chi connectivity index (χ4n) is 1.40. The Morgan fingerprint density at radius 1 is 1.56 bits per heavy atom. The average Bonchev–Trinajstić information content (AvgIpc) is 2.36. The number of carbonyl (C=O) groups excluding carboxylic acids is 1. The summed E-state index contributed by atoms with van der Waals surface area (Å²) in [4.78, 5) is 21.9. The number of nitrogens with one attached hydrogen (secondary N) is 1. The monoisotopic (exact) mass is 264 g/mol. The number of esters is 1. The van der Waals surface area contributed by atoms with Crippen LogP contribution in [0.3, 0.4) is 0 Å². The maximum atomic E-state index is 11.6. The summed E-state index contributed by atoms with van der Waals surface area (Å²) in [6, 6.07) is 5.57. The van der Waals surface area contributed by atoms with E-state index in [1.807, 2.05) is 0 Å². The molecule has 0 amide bonds. The molecule has 0 saturated heterocycles. The molecule has 1 unspecified atom stereocenters. The number of hydrogen-bond donors (Lipinski definition) is 1. The lowest BCUT2D eigenvalue weighted by atomic mass is 10.2. The Morgan fingerprint density at radius 2 is 2.22 bits per heavy atom. The molecule has 18 heavy (non-hydrogen) atoms. The third-order valence-corrected chi connectivity index (χ3v) is 2.71. The van der Waals surface area contributed by atoms with Gasteiger partial charge in [0.25, 0.3) is 5.69 Å². The van der Waals surface area contributed by atoms with Crippen molar-refractivity contribution in [2.24, 2.45) is 0 Å². The van der Waals surface area contributed by atoms with E-state index >= 15 is 0 Å². The maximum absolute atomic E-state index is 11.6. The van der Waals surface area contributed by atoms with Gasteiger partial charge in [-0.3, -0.25) is 10.1 Å². The lowest BCUT2D eigenvalue weighted by Crippen LogP contribution is -2.31. The first-order valence-corrected chi connectivity index (χ1v) is 6.28. The Morgan fingerprint density at radius 3 is 2.78 bits per heavy atom. The molecule has 0 aromatic heterocycles. The van der Waals surface area contributed by atoms with Crippen molar-refractivity contribution in [3.05, 3.63) is 34.4 Å². The molecule has 2 radical (unpaired) electrons. The van der Waals surface area contributed by atoms with Crippen LogP contribution in [-0.4, -0.2) is 39.8 Å². The van der Waals surface area contributed by atoms with Crippen LogP contribution in [0.4, 0.5) is 11.4 Å². The van der Waals surface area contributed by atoms with Gasteiger partial charge in [-0.15, -0.1) is 0 Å². The number of rotatable bonds is 6. The highest BCUT2D eigenvalue weighted by atomic mass is 27.0. The summed E-state index contributed by atoms with van der Waals surface area (Å²) in [5, 5.41) is 14.1. The smallest absolute Gasteiger partial charge is 0.327 e. The fourth-order valence-corrected chi connectivity index (χ4v) is 1.71. The summed E-state index contributed by atoms with van der Waals surface area (Å²) >= 11 is 2.41. The minimum absolute atomic E-state index is 0.0646. The van der Waals surface area contributed by atoms with Crippen LogP contribution in [0.15, 0.2) is 24.3 Å². The van der Waals surface area contributed by atoms with Crippen molar-refractivity contribution >= 4 is 33.6 Å². The maximum Gasteiger partial charge on any atom is 0.327 e.